The molecule has 280 valence electrons. The van der Waals surface area contributed by atoms with Crippen LogP contribution in [0.3, 0.4) is 0 Å². The number of fused-ring (bicyclic) bond motifs is 2. The number of carbonyl (C=O) groups excluding carboxylic acids is 3. The molecule has 4 heterocycles. The fourth-order valence-electron chi connectivity index (χ4n) is 7.00. The van der Waals surface area contributed by atoms with Crippen molar-refractivity contribution < 1.29 is 23.9 Å². The third-order valence-corrected chi connectivity index (χ3v) is 10.0. The van der Waals surface area contributed by atoms with Crippen LogP contribution >= 0.6 is 0 Å². The van der Waals surface area contributed by atoms with Crippen molar-refractivity contribution in [2.45, 2.75) is 45.6 Å². The Morgan fingerprint density at radius 3 is 2.43 bits per heavy atom. The van der Waals surface area contributed by atoms with Gasteiger partial charge in [0.2, 0.25) is 5.95 Å². The predicted octanol–water partition coefficient (Wildman–Crippen LogP) is 6.24. The maximum Gasteiger partial charge on any atom is 0.299 e. The highest BCUT2D eigenvalue weighted by Gasteiger charge is 2.33. The summed E-state index contributed by atoms with van der Waals surface area (Å²) in [6.45, 7) is 10.5. The third-order valence-electron chi connectivity index (χ3n) is 10.0. The SMILES string of the molecule is CCCCNc1ncc2c(-c3ccc(CN4CCN(CCCOCCCc5ccccc5Oc5cccc6c5C(=O)NC(=O)C6=O)CC4)cc3)c[nH]c2n1. The van der Waals surface area contributed by atoms with Crippen LogP contribution in [0.1, 0.15) is 64.4 Å². The molecule has 2 aromatic heterocycles. The van der Waals surface area contributed by atoms with Crippen LogP contribution in [0, 0.1) is 0 Å². The number of anilines is 1. The Morgan fingerprint density at radius 2 is 1.59 bits per heavy atom. The Labute approximate surface area is 315 Å². The van der Waals surface area contributed by atoms with Crippen LogP contribution in [0.4, 0.5) is 5.95 Å². The Hall–Kier alpha value is -5.43. The molecule has 1 fully saturated rings. The van der Waals surface area contributed by atoms with Crippen molar-refractivity contribution >= 4 is 34.6 Å². The number of piperazine rings is 1. The van der Waals surface area contributed by atoms with Gasteiger partial charge in [-0.25, -0.2) is 4.98 Å². The molecule has 0 bridgehead atoms. The maximum atomic E-state index is 12.5. The summed E-state index contributed by atoms with van der Waals surface area (Å²) >= 11 is 0. The molecule has 0 atom stereocenters. The van der Waals surface area contributed by atoms with Crippen molar-refractivity contribution in [1.82, 2.24) is 30.1 Å². The standard InChI is InChI=1S/C42H47N7O5/c1-2-3-18-43-42-45-27-34-33(26-44-39(34)46-42)30-16-14-29(15-17-30)28-49-22-20-48(21-23-49)19-8-25-53-24-7-10-31-9-4-5-12-35(31)54-36-13-6-11-32-37(36)40(51)47-41(52)38(32)50/h4-6,9,11-17,26-27H,2-3,7-8,10,18-25,28H2,1H3,(H,47,51,52)(H2,43,44,45,46). The Kier molecular flexibility index (Phi) is 12.0. The van der Waals surface area contributed by atoms with E-state index in [9.17, 15) is 14.4 Å². The second-order valence-corrected chi connectivity index (χ2v) is 13.8. The number of nitrogens with one attached hydrogen (secondary N) is 3. The molecule has 1 saturated heterocycles. The van der Waals surface area contributed by atoms with Crippen LogP contribution < -0.4 is 15.4 Å². The lowest BCUT2D eigenvalue weighted by Crippen LogP contribution is -2.46. The summed E-state index contributed by atoms with van der Waals surface area (Å²) in [5.74, 6) is -0.800. The number of amides is 2. The summed E-state index contributed by atoms with van der Waals surface area (Å²) in [4.78, 5) is 54.1. The number of aromatic nitrogens is 3. The molecule has 2 amide bonds. The lowest BCUT2D eigenvalue weighted by molar-refractivity contribution is -0.116. The van der Waals surface area contributed by atoms with E-state index in [2.05, 4.69) is 66.6 Å². The van der Waals surface area contributed by atoms with E-state index in [-0.39, 0.29) is 16.9 Å². The number of Topliss-reactive ketones (excluding diaryl/α,β-unsaturated/α-hetero) is 1. The number of imide groups is 1. The number of ether oxygens (including phenoxy) is 2. The van der Waals surface area contributed by atoms with E-state index in [1.54, 1.807) is 12.1 Å². The van der Waals surface area contributed by atoms with Gasteiger partial charge in [-0.15, -0.1) is 0 Å². The maximum absolute atomic E-state index is 12.5. The van der Waals surface area contributed by atoms with Gasteiger partial charge in [0.25, 0.3) is 17.6 Å². The Bertz CT molecular complexity index is 2090. The summed E-state index contributed by atoms with van der Waals surface area (Å²) in [5.41, 5.74) is 5.54. The van der Waals surface area contributed by atoms with Crippen molar-refractivity contribution in [2.75, 3.05) is 57.8 Å². The third kappa shape index (κ3) is 8.84. The number of carbonyl (C=O) groups is 3. The first-order valence-electron chi connectivity index (χ1n) is 19.0. The fourth-order valence-corrected chi connectivity index (χ4v) is 7.00. The minimum atomic E-state index is -0.926. The lowest BCUT2D eigenvalue weighted by atomic mass is 9.98. The average Bonchev–Trinajstić information content (AvgIpc) is 3.61. The number of hydrogen-bond acceptors (Lipinski definition) is 10. The number of aryl methyl sites for hydroxylation is 1. The fraction of sp³-hybridized carbons (Fsp3) is 0.357. The number of nitrogens with zero attached hydrogens (tertiary/aromatic N) is 4. The van der Waals surface area contributed by atoms with Gasteiger partial charge in [-0.2, -0.15) is 4.98 Å². The topological polar surface area (TPSA) is 142 Å². The van der Waals surface area contributed by atoms with Crippen molar-refractivity contribution in [1.29, 1.82) is 0 Å². The molecule has 2 aliphatic rings. The zero-order valence-corrected chi connectivity index (χ0v) is 30.7. The van der Waals surface area contributed by atoms with Crippen LogP contribution in [0.2, 0.25) is 0 Å². The zero-order valence-electron chi connectivity index (χ0n) is 30.7. The summed E-state index contributed by atoms with van der Waals surface area (Å²) < 4.78 is 12.1. The van der Waals surface area contributed by atoms with Crippen LogP contribution in [0.25, 0.3) is 22.2 Å². The van der Waals surface area contributed by atoms with Crippen molar-refractivity contribution in [3.8, 4) is 22.6 Å². The molecule has 3 N–H and O–H groups in total. The average molecular weight is 730 g/mol. The van der Waals surface area contributed by atoms with Gasteiger partial charge in [0.1, 0.15) is 17.1 Å². The molecule has 0 spiro atoms. The monoisotopic (exact) mass is 729 g/mol. The first kappa shape index (κ1) is 36.9. The van der Waals surface area contributed by atoms with Crippen LogP contribution in [0.15, 0.2) is 79.1 Å². The van der Waals surface area contributed by atoms with E-state index in [0.29, 0.717) is 24.9 Å². The first-order chi connectivity index (χ1) is 26.5. The predicted molar refractivity (Wildman–Crippen MR) is 208 cm³/mol. The van der Waals surface area contributed by atoms with Crippen molar-refractivity contribution in [3.63, 3.8) is 0 Å². The summed E-state index contributed by atoms with van der Waals surface area (Å²) in [6.07, 6.45) is 8.68. The number of unbranched alkanes of at least 4 members (excludes halogenated alkanes) is 1. The van der Waals surface area contributed by atoms with Gasteiger partial charge in [0.15, 0.2) is 0 Å². The van der Waals surface area contributed by atoms with Gasteiger partial charge in [-0.1, -0.05) is 61.9 Å². The number of rotatable bonds is 17. The molecular formula is C42H47N7O5. The minimum absolute atomic E-state index is 0.0548. The molecule has 0 radical (unpaired) electrons. The number of H-pyrrole nitrogens is 1. The molecule has 12 heteroatoms. The van der Waals surface area contributed by atoms with Gasteiger partial charge in [0.05, 0.1) is 5.56 Å². The van der Waals surface area contributed by atoms with E-state index in [1.807, 2.05) is 36.7 Å². The Balaban J connectivity index is 0.796. The molecule has 54 heavy (non-hydrogen) atoms. The second-order valence-electron chi connectivity index (χ2n) is 13.8. The minimum Gasteiger partial charge on any atom is -0.456 e. The van der Waals surface area contributed by atoms with Crippen molar-refractivity contribution in [2.24, 2.45) is 0 Å². The molecule has 5 aromatic rings. The summed E-state index contributed by atoms with van der Waals surface area (Å²) in [6, 6.07) is 21.2. The summed E-state index contributed by atoms with van der Waals surface area (Å²) in [7, 11) is 0. The van der Waals surface area contributed by atoms with Crippen LogP contribution in [0.5, 0.6) is 11.5 Å². The number of para-hydroxylation sites is 1. The van der Waals surface area contributed by atoms with Gasteiger partial charge >= 0.3 is 0 Å². The van der Waals surface area contributed by atoms with E-state index >= 15 is 0 Å². The van der Waals surface area contributed by atoms with Gasteiger partial charge in [0, 0.05) is 87.9 Å². The molecule has 7 rings (SSSR count). The molecule has 0 aliphatic carbocycles. The smallest absolute Gasteiger partial charge is 0.299 e. The van der Waals surface area contributed by atoms with Crippen LogP contribution in [-0.2, 0) is 22.5 Å². The molecule has 12 nitrogen and oxygen atoms in total. The highest BCUT2D eigenvalue weighted by Crippen LogP contribution is 2.32. The lowest BCUT2D eigenvalue weighted by Gasteiger charge is -2.34. The highest BCUT2D eigenvalue weighted by atomic mass is 16.5. The van der Waals surface area contributed by atoms with Crippen molar-refractivity contribution in [3.05, 3.63) is 101 Å². The number of benzene rings is 3. The largest absolute Gasteiger partial charge is 0.456 e. The molecule has 2 aliphatic heterocycles. The highest BCUT2D eigenvalue weighted by molar-refractivity contribution is 6.49. The molecule has 3 aromatic carbocycles. The number of hydrogen-bond donors (Lipinski definition) is 3. The van der Waals surface area contributed by atoms with Gasteiger partial charge in [-0.3, -0.25) is 24.6 Å². The van der Waals surface area contributed by atoms with E-state index < -0.39 is 17.6 Å². The van der Waals surface area contributed by atoms with E-state index in [0.717, 1.165) is 106 Å². The molecular weight excluding hydrogens is 683 g/mol. The van der Waals surface area contributed by atoms with E-state index in [4.69, 9.17) is 9.47 Å². The number of aromatic amines is 1. The Morgan fingerprint density at radius 1 is 0.815 bits per heavy atom. The zero-order chi connectivity index (χ0) is 37.3. The first-order valence-corrected chi connectivity index (χ1v) is 19.0. The van der Waals surface area contributed by atoms with Crippen LogP contribution in [-0.4, -0.2) is 94.8 Å². The van der Waals surface area contributed by atoms with Gasteiger partial charge < -0.3 is 24.7 Å². The quantitative estimate of drug-likeness (QED) is 0.0572. The molecule has 0 saturated carbocycles. The van der Waals surface area contributed by atoms with Gasteiger partial charge in [-0.05, 0) is 60.6 Å². The van der Waals surface area contributed by atoms with E-state index in [1.165, 1.54) is 11.6 Å². The second kappa shape index (κ2) is 17.6. The summed E-state index contributed by atoms with van der Waals surface area (Å²) in [5, 5.41) is 6.42. The number of ketones is 1. The molecule has 0 unspecified atom stereocenters. The normalized spacial score (nSPS) is 15.0.